The van der Waals surface area contributed by atoms with Crippen LogP contribution in [0, 0.1) is 5.82 Å². The maximum Gasteiger partial charge on any atom is 0.407 e. The molecule has 0 bridgehead atoms. The highest BCUT2D eigenvalue weighted by Gasteiger charge is 2.47. The van der Waals surface area contributed by atoms with Gasteiger partial charge in [-0.2, -0.15) is 5.10 Å². The zero-order chi connectivity index (χ0) is 26.2. The van der Waals surface area contributed by atoms with Gasteiger partial charge in [0, 0.05) is 24.3 Å². The van der Waals surface area contributed by atoms with Gasteiger partial charge >= 0.3 is 6.09 Å². The fraction of sp³-hybridized carbons (Fsp3) is 0.296. The van der Waals surface area contributed by atoms with E-state index in [4.69, 9.17) is 4.74 Å². The van der Waals surface area contributed by atoms with Crippen LogP contribution in [-0.2, 0) is 16.8 Å². The number of nitrogens with one attached hydrogen (secondary N) is 2. The maximum atomic E-state index is 13.4. The molecule has 1 saturated carbocycles. The molecule has 0 saturated heterocycles. The number of hydrogen-bond acceptors (Lipinski definition) is 6. The molecule has 3 heterocycles. The van der Waals surface area contributed by atoms with Crippen molar-refractivity contribution in [3.8, 4) is 5.69 Å². The minimum Gasteiger partial charge on any atom is -0.444 e. The number of amides is 2. The Hall–Kier alpha value is -4.34. The number of halogens is 1. The molecule has 10 heteroatoms. The van der Waals surface area contributed by atoms with Gasteiger partial charge < -0.3 is 15.4 Å². The van der Waals surface area contributed by atoms with E-state index in [0.717, 1.165) is 24.1 Å². The first-order valence-corrected chi connectivity index (χ1v) is 12.0. The van der Waals surface area contributed by atoms with Gasteiger partial charge in [0.25, 0.3) is 5.91 Å². The molecule has 1 fully saturated rings. The van der Waals surface area contributed by atoms with E-state index < -0.39 is 17.2 Å². The second-order valence-corrected chi connectivity index (χ2v) is 10.1. The largest absolute Gasteiger partial charge is 0.444 e. The van der Waals surface area contributed by atoms with Gasteiger partial charge in [0.15, 0.2) is 0 Å². The molecule has 190 valence electrons. The number of hydrogen-bond donors (Lipinski definition) is 2. The third kappa shape index (κ3) is 5.28. The Morgan fingerprint density at radius 2 is 1.86 bits per heavy atom. The van der Waals surface area contributed by atoms with Gasteiger partial charge in [-0.3, -0.25) is 14.8 Å². The lowest BCUT2D eigenvalue weighted by Gasteiger charge is -2.20. The van der Waals surface area contributed by atoms with Gasteiger partial charge in [0.1, 0.15) is 11.4 Å². The van der Waals surface area contributed by atoms with Crippen molar-refractivity contribution in [3.63, 3.8) is 0 Å². The third-order valence-corrected chi connectivity index (χ3v) is 6.07. The summed E-state index contributed by atoms with van der Waals surface area (Å²) in [6, 6.07) is 9.64. The van der Waals surface area contributed by atoms with Crippen molar-refractivity contribution >= 4 is 22.9 Å². The first kappa shape index (κ1) is 24.4. The number of alkyl carbamates (subject to hydrolysis) is 1. The number of nitrogens with zero attached hydrogens (tertiary/aromatic N) is 4. The molecule has 9 nitrogen and oxygen atoms in total. The number of fused-ring (bicyclic) bond motifs is 1. The molecule has 3 aromatic heterocycles. The smallest absolute Gasteiger partial charge is 0.407 e. The van der Waals surface area contributed by atoms with E-state index in [9.17, 15) is 14.0 Å². The number of rotatable bonds is 6. The summed E-state index contributed by atoms with van der Waals surface area (Å²) in [5.41, 5.74) is 2.09. The zero-order valence-electron chi connectivity index (χ0n) is 20.8. The predicted molar refractivity (Wildman–Crippen MR) is 135 cm³/mol. The summed E-state index contributed by atoms with van der Waals surface area (Å²) in [5.74, 6) is -0.625. The monoisotopic (exact) mass is 502 g/mol. The minimum atomic E-state index is -0.589. The summed E-state index contributed by atoms with van der Waals surface area (Å²) >= 11 is 0. The molecule has 1 aliphatic rings. The Bertz CT molecular complexity index is 1470. The van der Waals surface area contributed by atoms with Crippen LogP contribution in [0.4, 0.5) is 9.18 Å². The minimum absolute atomic E-state index is 0.278. The maximum absolute atomic E-state index is 13.4. The van der Waals surface area contributed by atoms with Crippen LogP contribution < -0.4 is 10.6 Å². The van der Waals surface area contributed by atoms with E-state index >= 15 is 0 Å². The van der Waals surface area contributed by atoms with Gasteiger partial charge in [-0.1, -0.05) is 0 Å². The normalized spacial score (nSPS) is 14.3. The van der Waals surface area contributed by atoms with Crippen LogP contribution >= 0.6 is 0 Å². The van der Waals surface area contributed by atoms with Crippen molar-refractivity contribution < 1.29 is 18.7 Å². The van der Waals surface area contributed by atoms with Gasteiger partial charge in [-0.15, -0.1) is 0 Å². The summed E-state index contributed by atoms with van der Waals surface area (Å²) in [5, 5.41) is 10.9. The van der Waals surface area contributed by atoms with E-state index in [-0.39, 0.29) is 18.3 Å². The molecule has 0 aliphatic heterocycles. The average Bonchev–Trinajstić information content (AvgIpc) is 3.51. The summed E-state index contributed by atoms with van der Waals surface area (Å²) < 4.78 is 20.3. The molecule has 5 rings (SSSR count). The lowest BCUT2D eigenvalue weighted by molar-refractivity contribution is 0.0523. The van der Waals surface area contributed by atoms with Crippen molar-refractivity contribution in [2.24, 2.45) is 0 Å². The number of aromatic nitrogens is 4. The van der Waals surface area contributed by atoms with Gasteiger partial charge in [-0.25, -0.2) is 13.9 Å². The molecule has 0 atom stereocenters. The fourth-order valence-corrected chi connectivity index (χ4v) is 4.10. The number of carbonyl (C=O) groups excluding carboxylic acids is 2. The molecule has 0 unspecified atom stereocenters. The highest BCUT2D eigenvalue weighted by Crippen LogP contribution is 2.45. The van der Waals surface area contributed by atoms with Crippen LogP contribution in [0.5, 0.6) is 0 Å². The van der Waals surface area contributed by atoms with Crippen LogP contribution in [0.2, 0.25) is 0 Å². The molecule has 4 aromatic rings. The molecular weight excluding hydrogens is 475 g/mol. The number of carbonyl (C=O) groups is 2. The molecule has 0 radical (unpaired) electrons. The summed E-state index contributed by atoms with van der Waals surface area (Å²) in [4.78, 5) is 34.1. The van der Waals surface area contributed by atoms with E-state index in [1.54, 1.807) is 56.2 Å². The van der Waals surface area contributed by atoms with E-state index in [0.29, 0.717) is 22.2 Å². The SMILES string of the molecule is CC(C)(C)OC(=O)NCc1ccnc(C2(NC(=O)c3cncc4c3cnn4-c3ccc(F)cc3)CC2)c1. The predicted octanol–water partition coefficient (Wildman–Crippen LogP) is 4.40. The molecule has 1 aromatic carbocycles. The molecule has 0 spiro atoms. The van der Waals surface area contributed by atoms with Crippen LogP contribution in [0.25, 0.3) is 16.6 Å². The Balaban J connectivity index is 1.33. The lowest BCUT2D eigenvalue weighted by atomic mass is 10.1. The second kappa shape index (κ2) is 9.27. The second-order valence-electron chi connectivity index (χ2n) is 10.1. The molecule has 37 heavy (non-hydrogen) atoms. The zero-order valence-corrected chi connectivity index (χ0v) is 20.8. The van der Waals surface area contributed by atoms with Gasteiger partial charge in [0.05, 0.1) is 40.4 Å². The molecule has 2 N–H and O–H groups in total. The molecule has 2 amide bonds. The average molecular weight is 503 g/mol. The number of benzene rings is 1. The Morgan fingerprint density at radius 3 is 2.57 bits per heavy atom. The first-order chi connectivity index (χ1) is 17.6. The molecule has 1 aliphatic carbocycles. The number of pyridine rings is 2. The number of ether oxygens (including phenoxy) is 1. The standard InChI is InChI=1S/C27H27FN6O3/c1-26(2,3)37-25(36)31-13-17-8-11-30-23(12-17)27(9-10-27)33-24(35)21-14-29-16-22-20(21)15-32-34(22)19-6-4-18(28)5-7-19/h4-8,11-12,14-16H,9-10,13H2,1-3H3,(H,31,36)(H,33,35). The topological polar surface area (TPSA) is 111 Å². The van der Waals surface area contributed by atoms with Crippen LogP contribution in [-0.4, -0.2) is 37.3 Å². The quantitative estimate of drug-likeness (QED) is 0.404. The van der Waals surface area contributed by atoms with E-state index in [2.05, 4.69) is 25.7 Å². The van der Waals surface area contributed by atoms with Crippen LogP contribution in [0.3, 0.4) is 0 Å². The highest BCUT2D eigenvalue weighted by molar-refractivity contribution is 6.06. The molecular formula is C27H27FN6O3. The van der Waals surface area contributed by atoms with Crippen molar-refractivity contribution in [3.05, 3.63) is 83.8 Å². The van der Waals surface area contributed by atoms with Crippen molar-refractivity contribution in [2.45, 2.75) is 51.3 Å². The van der Waals surface area contributed by atoms with Crippen molar-refractivity contribution in [1.29, 1.82) is 0 Å². The third-order valence-electron chi connectivity index (χ3n) is 6.07. The Kier molecular flexibility index (Phi) is 6.10. The summed E-state index contributed by atoms with van der Waals surface area (Å²) in [7, 11) is 0. The fourth-order valence-electron chi connectivity index (χ4n) is 4.10. The summed E-state index contributed by atoms with van der Waals surface area (Å²) in [6.45, 7) is 5.70. The highest BCUT2D eigenvalue weighted by atomic mass is 19.1. The van der Waals surface area contributed by atoms with Crippen LogP contribution in [0.1, 0.15) is 55.2 Å². The lowest BCUT2D eigenvalue weighted by Crippen LogP contribution is -2.36. The van der Waals surface area contributed by atoms with Gasteiger partial charge in [-0.05, 0) is 75.6 Å². The Labute approximate surface area is 213 Å². The van der Waals surface area contributed by atoms with E-state index in [1.807, 2.05) is 12.1 Å². The van der Waals surface area contributed by atoms with Crippen molar-refractivity contribution in [2.75, 3.05) is 0 Å². The summed E-state index contributed by atoms with van der Waals surface area (Å²) in [6.07, 6.45) is 7.40. The first-order valence-electron chi connectivity index (χ1n) is 12.0. The van der Waals surface area contributed by atoms with Crippen molar-refractivity contribution in [1.82, 2.24) is 30.4 Å². The Morgan fingerprint density at radius 1 is 1.11 bits per heavy atom. The van der Waals surface area contributed by atoms with E-state index in [1.165, 1.54) is 18.3 Å². The van der Waals surface area contributed by atoms with Crippen LogP contribution in [0.15, 0.2) is 61.2 Å². The van der Waals surface area contributed by atoms with Gasteiger partial charge in [0.2, 0.25) is 0 Å².